The summed E-state index contributed by atoms with van der Waals surface area (Å²) in [5, 5.41) is 12.3. The molecule has 2 aromatic rings. The van der Waals surface area contributed by atoms with E-state index in [9.17, 15) is 8.78 Å². The first-order valence-corrected chi connectivity index (χ1v) is 7.39. The minimum Gasteiger partial charge on any atom is -0.315 e. The van der Waals surface area contributed by atoms with Crippen molar-refractivity contribution in [1.82, 2.24) is 15.5 Å². The van der Waals surface area contributed by atoms with E-state index in [-0.39, 0.29) is 5.56 Å². The molecule has 0 spiro atoms. The predicted octanol–water partition coefficient (Wildman–Crippen LogP) is 3.41. The molecule has 0 bridgehead atoms. The maximum absolute atomic E-state index is 13.6. The molecule has 20 heavy (non-hydrogen) atoms. The Morgan fingerprint density at radius 3 is 2.55 bits per heavy atom. The minimum absolute atomic E-state index is 0.0865. The van der Waals surface area contributed by atoms with Gasteiger partial charge in [0.25, 0.3) is 0 Å². The lowest BCUT2D eigenvalue weighted by Crippen LogP contribution is -2.23. The molecule has 0 aliphatic carbocycles. The summed E-state index contributed by atoms with van der Waals surface area (Å²) in [5.74, 6) is -1.21. The van der Waals surface area contributed by atoms with Crippen LogP contribution in [-0.2, 0) is 6.42 Å². The van der Waals surface area contributed by atoms with Crippen molar-refractivity contribution in [1.29, 1.82) is 0 Å². The summed E-state index contributed by atoms with van der Waals surface area (Å²) in [6.07, 6.45) is 1.68. The topological polar surface area (TPSA) is 37.8 Å². The Morgan fingerprint density at radius 1 is 1.20 bits per heavy atom. The number of hydrogen-bond donors (Lipinski definition) is 1. The lowest BCUT2D eigenvalue weighted by atomic mass is 10.2. The zero-order valence-electron chi connectivity index (χ0n) is 11.5. The number of rotatable bonds is 6. The van der Waals surface area contributed by atoms with Gasteiger partial charge < -0.3 is 5.32 Å². The zero-order chi connectivity index (χ0) is 14.5. The summed E-state index contributed by atoms with van der Waals surface area (Å²) in [7, 11) is 0. The van der Waals surface area contributed by atoms with Gasteiger partial charge in [-0.2, -0.15) is 0 Å². The van der Waals surface area contributed by atoms with E-state index >= 15 is 0 Å². The highest BCUT2D eigenvalue weighted by Gasteiger charge is 2.15. The van der Waals surface area contributed by atoms with Crippen molar-refractivity contribution >= 4 is 11.3 Å². The van der Waals surface area contributed by atoms with Gasteiger partial charge in [-0.05, 0) is 25.1 Å². The van der Waals surface area contributed by atoms with Crippen LogP contribution in [0.4, 0.5) is 8.78 Å². The quantitative estimate of drug-likeness (QED) is 0.830. The highest BCUT2D eigenvalue weighted by molar-refractivity contribution is 7.14. The van der Waals surface area contributed by atoms with Crippen LogP contribution in [0.1, 0.15) is 25.3 Å². The highest BCUT2D eigenvalue weighted by Crippen LogP contribution is 2.28. The predicted molar refractivity (Wildman–Crippen MR) is 76.7 cm³/mol. The molecule has 0 fully saturated rings. The van der Waals surface area contributed by atoms with E-state index in [0.717, 1.165) is 24.4 Å². The number of aromatic nitrogens is 2. The summed E-state index contributed by atoms with van der Waals surface area (Å²) in [6.45, 7) is 5.06. The molecular weight excluding hydrogens is 280 g/mol. The second kappa shape index (κ2) is 6.85. The van der Waals surface area contributed by atoms with E-state index in [2.05, 4.69) is 29.4 Å². The van der Waals surface area contributed by atoms with Gasteiger partial charge in [0, 0.05) is 12.5 Å². The van der Waals surface area contributed by atoms with Crippen molar-refractivity contribution in [2.24, 2.45) is 0 Å². The van der Waals surface area contributed by atoms with Crippen LogP contribution in [0.15, 0.2) is 18.2 Å². The van der Waals surface area contributed by atoms with Crippen LogP contribution < -0.4 is 5.32 Å². The largest absolute Gasteiger partial charge is 0.315 e. The normalized spacial score (nSPS) is 11.2. The monoisotopic (exact) mass is 297 g/mol. The summed E-state index contributed by atoms with van der Waals surface area (Å²) >= 11 is 1.24. The van der Waals surface area contributed by atoms with Crippen LogP contribution in [0.5, 0.6) is 0 Å². The molecule has 6 heteroatoms. The van der Waals surface area contributed by atoms with Crippen molar-refractivity contribution in [3.8, 4) is 10.6 Å². The summed E-state index contributed by atoms with van der Waals surface area (Å²) < 4.78 is 27.3. The molecule has 0 atom stereocenters. The Kier molecular flexibility index (Phi) is 5.14. The molecule has 0 aliphatic rings. The first-order valence-electron chi connectivity index (χ1n) is 6.58. The number of nitrogens with one attached hydrogen (secondary N) is 1. The summed E-state index contributed by atoms with van der Waals surface area (Å²) in [5.41, 5.74) is -0.0865. The van der Waals surface area contributed by atoms with Crippen LogP contribution in [-0.4, -0.2) is 22.8 Å². The third-order valence-corrected chi connectivity index (χ3v) is 3.76. The van der Waals surface area contributed by atoms with Crippen LogP contribution in [0, 0.1) is 11.6 Å². The summed E-state index contributed by atoms with van der Waals surface area (Å²) in [4.78, 5) is 0. The number of hydrogen-bond acceptors (Lipinski definition) is 4. The highest BCUT2D eigenvalue weighted by atomic mass is 32.1. The van der Waals surface area contributed by atoms with Crippen LogP contribution in [0.3, 0.4) is 0 Å². The smallest absolute Gasteiger partial charge is 0.153 e. The molecule has 0 aliphatic heterocycles. The van der Waals surface area contributed by atoms with Crippen molar-refractivity contribution in [2.75, 3.05) is 6.54 Å². The van der Waals surface area contributed by atoms with E-state index in [1.165, 1.54) is 29.5 Å². The van der Waals surface area contributed by atoms with Crippen molar-refractivity contribution in [3.05, 3.63) is 34.8 Å². The molecule has 1 heterocycles. The van der Waals surface area contributed by atoms with Crippen LogP contribution >= 0.6 is 11.3 Å². The van der Waals surface area contributed by atoms with Gasteiger partial charge in [0.1, 0.15) is 16.6 Å². The fourth-order valence-electron chi connectivity index (χ4n) is 1.79. The fourth-order valence-corrected chi connectivity index (χ4v) is 2.72. The van der Waals surface area contributed by atoms with E-state index in [1.807, 2.05) is 0 Å². The lowest BCUT2D eigenvalue weighted by molar-refractivity contribution is 0.569. The van der Waals surface area contributed by atoms with E-state index in [4.69, 9.17) is 0 Å². The standard InChI is InChI=1S/C14H17F2N3S/c1-9(2)17-8-4-7-12-18-19-14(20-12)13-10(15)5-3-6-11(13)16/h3,5-6,9,17H,4,7-8H2,1-2H3. The van der Waals surface area contributed by atoms with Crippen LogP contribution in [0.25, 0.3) is 10.6 Å². The first kappa shape index (κ1) is 15.0. The maximum atomic E-state index is 13.6. The third-order valence-electron chi connectivity index (χ3n) is 2.76. The summed E-state index contributed by atoms with van der Waals surface area (Å²) in [6, 6.07) is 4.25. The first-order chi connectivity index (χ1) is 9.58. The van der Waals surface area contributed by atoms with Gasteiger partial charge in [-0.25, -0.2) is 8.78 Å². The van der Waals surface area contributed by atoms with Crippen molar-refractivity contribution < 1.29 is 8.78 Å². The van der Waals surface area contributed by atoms with E-state index < -0.39 is 11.6 Å². The molecular formula is C14H17F2N3S. The zero-order valence-corrected chi connectivity index (χ0v) is 12.3. The Balaban J connectivity index is 2.02. The Hall–Kier alpha value is -1.40. The molecule has 0 saturated heterocycles. The number of benzene rings is 1. The number of nitrogens with zero attached hydrogens (tertiary/aromatic N) is 2. The van der Waals surface area contributed by atoms with Gasteiger partial charge in [-0.1, -0.05) is 31.3 Å². The van der Waals surface area contributed by atoms with E-state index in [1.54, 1.807) is 0 Å². The van der Waals surface area contributed by atoms with Gasteiger partial charge in [-0.3, -0.25) is 0 Å². The average molecular weight is 297 g/mol. The van der Waals surface area contributed by atoms with Gasteiger partial charge in [0.15, 0.2) is 5.01 Å². The molecule has 0 radical (unpaired) electrons. The molecule has 1 N–H and O–H groups in total. The molecule has 1 aromatic heterocycles. The number of halogens is 2. The van der Waals surface area contributed by atoms with Crippen LogP contribution in [0.2, 0.25) is 0 Å². The second-order valence-corrected chi connectivity index (χ2v) is 5.87. The molecule has 1 aromatic carbocycles. The molecule has 108 valence electrons. The van der Waals surface area contributed by atoms with Crippen molar-refractivity contribution in [2.45, 2.75) is 32.7 Å². The van der Waals surface area contributed by atoms with E-state index in [0.29, 0.717) is 11.0 Å². The Bertz CT molecular complexity index is 549. The Morgan fingerprint density at radius 2 is 1.90 bits per heavy atom. The molecule has 0 saturated carbocycles. The second-order valence-electron chi connectivity index (χ2n) is 4.81. The van der Waals surface area contributed by atoms with Gasteiger partial charge in [-0.15, -0.1) is 10.2 Å². The molecule has 2 rings (SSSR count). The SMILES string of the molecule is CC(C)NCCCc1nnc(-c2c(F)cccc2F)s1. The molecule has 0 unspecified atom stereocenters. The van der Waals surface area contributed by atoms with Gasteiger partial charge in [0.05, 0.1) is 5.56 Å². The third kappa shape index (κ3) is 3.80. The van der Waals surface area contributed by atoms with Gasteiger partial charge >= 0.3 is 0 Å². The maximum Gasteiger partial charge on any atom is 0.153 e. The minimum atomic E-state index is -0.603. The molecule has 0 amide bonds. The average Bonchev–Trinajstić information content (AvgIpc) is 2.83. The van der Waals surface area contributed by atoms with Crippen molar-refractivity contribution in [3.63, 3.8) is 0 Å². The fraction of sp³-hybridized carbons (Fsp3) is 0.429. The number of aryl methyl sites for hydroxylation is 1. The Labute approximate surface area is 121 Å². The lowest BCUT2D eigenvalue weighted by Gasteiger charge is -2.05. The molecule has 3 nitrogen and oxygen atoms in total. The van der Waals surface area contributed by atoms with Gasteiger partial charge in [0.2, 0.25) is 0 Å².